The molecule has 2 heterocycles. The number of H-pyrrole nitrogens is 1. The summed E-state index contributed by atoms with van der Waals surface area (Å²) in [5, 5.41) is 13.3. The van der Waals surface area contributed by atoms with Crippen LogP contribution in [0.2, 0.25) is 0 Å². The molecule has 0 aliphatic carbocycles. The molecule has 5 rings (SSSR count). The lowest BCUT2D eigenvalue weighted by Crippen LogP contribution is -2.21. The summed E-state index contributed by atoms with van der Waals surface area (Å²) in [6.45, 7) is 0.587. The van der Waals surface area contributed by atoms with Crippen molar-refractivity contribution in [3.05, 3.63) is 77.9 Å². The molecule has 0 fully saturated rings. The number of hydrogen-bond donors (Lipinski definition) is 4. The van der Waals surface area contributed by atoms with E-state index in [1.807, 2.05) is 48.5 Å². The quantitative estimate of drug-likeness (QED) is 0.354. The summed E-state index contributed by atoms with van der Waals surface area (Å²) in [5.41, 5.74) is 6.91. The number of benzene rings is 3. The third kappa shape index (κ3) is 4.79. The van der Waals surface area contributed by atoms with Gasteiger partial charge in [-0.1, -0.05) is 36.4 Å². The number of amides is 1. The van der Waals surface area contributed by atoms with Gasteiger partial charge in [-0.15, -0.1) is 0 Å². The maximum Gasteiger partial charge on any atom is 0.490 e. The molecule has 4 N–H and O–H groups in total. The van der Waals surface area contributed by atoms with Gasteiger partial charge in [0, 0.05) is 17.8 Å². The van der Waals surface area contributed by atoms with Gasteiger partial charge in [0.05, 0.1) is 11.0 Å². The molecule has 0 radical (unpaired) electrons. The predicted molar refractivity (Wildman–Crippen MR) is 116 cm³/mol. The van der Waals surface area contributed by atoms with Crippen LogP contribution in [-0.2, 0) is 11.3 Å². The fourth-order valence-corrected chi connectivity index (χ4v) is 3.41. The number of carboxylic acid groups (broad SMARTS) is 1. The summed E-state index contributed by atoms with van der Waals surface area (Å²) < 4.78 is 31.7. The van der Waals surface area contributed by atoms with Gasteiger partial charge >= 0.3 is 12.1 Å². The van der Waals surface area contributed by atoms with Gasteiger partial charge in [0.2, 0.25) is 5.95 Å². The molecule has 3 aromatic carbocycles. The first-order valence-corrected chi connectivity index (χ1v) is 9.75. The molecule has 0 saturated heterocycles. The van der Waals surface area contributed by atoms with E-state index < -0.39 is 12.1 Å². The number of hydrogen-bond acceptors (Lipinski definition) is 4. The van der Waals surface area contributed by atoms with Crippen LogP contribution in [0.1, 0.15) is 15.9 Å². The lowest BCUT2D eigenvalue weighted by molar-refractivity contribution is -0.192. The van der Waals surface area contributed by atoms with Crippen molar-refractivity contribution in [2.45, 2.75) is 12.7 Å². The van der Waals surface area contributed by atoms with Crippen LogP contribution in [-0.4, -0.2) is 33.1 Å². The molecule has 0 spiro atoms. The Morgan fingerprint density at radius 1 is 0.970 bits per heavy atom. The molecule has 7 nitrogen and oxygen atoms in total. The summed E-state index contributed by atoms with van der Waals surface area (Å²) >= 11 is 0. The highest BCUT2D eigenvalue weighted by atomic mass is 19.4. The number of aliphatic carboxylic acids is 1. The Kier molecular flexibility index (Phi) is 5.74. The van der Waals surface area contributed by atoms with Crippen molar-refractivity contribution in [1.29, 1.82) is 0 Å². The average molecular weight is 454 g/mol. The lowest BCUT2D eigenvalue weighted by Gasteiger charge is -2.09. The second kappa shape index (κ2) is 8.65. The largest absolute Gasteiger partial charge is 0.490 e. The molecule has 4 aromatic rings. The number of carboxylic acids is 1. The predicted octanol–water partition coefficient (Wildman–Crippen LogP) is 4.85. The molecule has 0 atom stereocenters. The highest BCUT2D eigenvalue weighted by Gasteiger charge is 2.38. The first kappa shape index (κ1) is 21.9. The van der Waals surface area contributed by atoms with Crippen molar-refractivity contribution in [1.82, 2.24) is 15.3 Å². The molecule has 1 aliphatic rings. The molecule has 1 amide bonds. The summed E-state index contributed by atoms with van der Waals surface area (Å²) in [6, 6.07) is 22.0. The van der Waals surface area contributed by atoms with E-state index in [1.165, 1.54) is 0 Å². The van der Waals surface area contributed by atoms with Gasteiger partial charge in [-0.3, -0.25) is 4.79 Å². The Hall–Kier alpha value is -4.34. The van der Waals surface area contributed by atoms with Crippen molar-refractivity contribution < 1.29 is 27.9 Å². The van der Waals surface area contributed by atoms with E-state index in [4.69, 9.17) is 9.90 Å². The number of fused-ring (bicyclic) bond motifs is 2. The number of para-hydroxylation sites is 2. The smallest absolute Gasteiger partial charge is 0.475 e. The van der Waals surface area contributed by atoms with Gasteiger partial charge < -0.3 is 20.7 Å². The summed E-state index contributed by atoms with van der Waals surface area (Å²) in [7, 11) is 0. The molecule has 1 aliphatic heterocycles. The third-order valence-corrected chi connectivity index (χ3v) is 4.94. The minimum absolute atomic E-state index is 0.00465. The van der Waals surface area contributed by atoms with Gasteiger partial charge in [-0.2, -0.15) is 13.2 Å². The Labute approximate surface area is 185 Å². The minimum Gasteiger partial charge on any atom is -0.475 e. The zero-order valence-corrected chi connectivity index (χ0v) is 16.9. The zero-order valence-electron chi connectivity index (χ0n) is 16.9. The van der Waals surface area contributed by atoms with E-state index in [2.05, 4.69) is 38.8 Å². The topological polar surface area (TPSA) is 107 Å². The number of rotatable bonds is 3. The molecule has 10 heteroatoms. The highest BCUT2D eigenvalue weighted by molar-refractivity contribution is 6.00. The number of aromatic amines is 1. The fraction of sp³-hybridized carbons (Fsp3) is 0.0870. The summed E-state index contributed by atoms with van der Waals surface area (Å²) in [4.78, 5) is 28.5. The van der Waals surface area contributed by atoms with Crippen molar-refractivity contribution in [2.75, 3.05) is 5.32 Å². The van der Waals surface area contributed by atoms with Crippen molar-refractivity contribution in [3.8, 4) is 11.1 Å². The summed E-state index contributed by atoms with van der Waals surface area (Å²) in [5.74, 6) is -2.04. The molecular weight excluding hydrogens is 437 g/mol. The van der Waals surface area contributed by atoms with E-state index in [0.717, 1.165) is 39.0 Å². The second-order valence-corrected chi connectivity index (χ2v) is 7.12. The zero-order chi connectivity index (χ0) is 23.6. The number of nitrogens with one attached hydrogen (secondary N) is 3. The van der Waals surface area contributed by atoms with E-state index in [-0.39, 0.29) is 5.91 Å². The Bertz CT molecular complexity index is 1300. The minimum atomic E-state index is -5.08. The van der Waals surface area contributed by atoms with Gasteiger partial charge in [0.15, 0.2) is 0 Å². The Morgan fingerprint density at radius 2 is 1.64 bits per heavy atom. The standard InChI is InChI=1S/C21H16N4O.C2HF3O2/c26-20-16-5-3-4-15(17(16)12-22-20)13-8-10-14(11-9-13)23-21-24-18-6-1-2-7-19(18)25-21;3-2(4,5)1(6)7/h1-11H,12H2,(H,22,26)(H2,23,24,25);(H,6,7). The second-order valence-electron chi connectivity index (χ2n) is 7.12. The van der Waals surface area contributed by atoms with Crippen LogP contribution in [0.5, 0.6) is 0 Å². The van der Waals surface area contributed by atoms with E-state index in [9.17, 15) is 18.0 Å². The first-order chi connectivity index (χ1) is 15.7. The summed E-state index contributed by atoms with van der Waals surface area (Å²) in [6.07, 6.45) is -5.08. The molecule has 168 valence electrons. The number of alkyl halides is 3. The van der Waals surface area contributed by atoms with Crippen LogP contribution in [0.15, 0.2) is 66.7 Å². The number of carbonyl (C=O) groups excluding carboxylic acids is 1. The molecule has 1 aromatic heterocycles. The average Bonchev–Trinajstić information content (AvgIpc) is 3.37. The first-order valence-electron chi connectivity index (χ1n) is 9.75. The number of aromatic nitrogens is 2. The van der Waals surface area contributed by atoms with Crippen molar-refractivity contribution in [2.24, 2.45) is 0 Å². The number of halogens is 3. The number of imidazole rings is 1. The lowest BCUT2D eigenvalue weighted by atomic mass is 9.97. The molecule has 0 bridgehead atoms. The van der Waals surface area contributed by atoms with E-state index in [1.54, 1.807) is 0 Å². The van der Waals surface area contributed by atoms with Crippen LogP contribution in [0.4, 0.5) is 24.8 Å². The fourth-order valence-electron chi connectivity index (χ4n) is 3.41. The Morgan fingerprint density at radius 3 is 2.30 bits per heavy atom. The van der Waals surface area contributed by atoms with Crippen LogP contribution in [0.3, 0.4) is 0 Å². The van der Waals surface area contributed by atoms with Crippen LogP contribution < -0.4 is 10.6 Å². The maximum atomic E-state index is 11.8. The highest BCUT2D eigenvalue weighted by Crippen LogP contribution is 2.30. The Balaban J connectivity index is 0.000000325. The molecule has 0 unspecified atom stereocenters. The molecule has 33 heavy (non-hydrogen) atoms. The van der Waals surface area contributed by atoms with Crippen molar-refractivity contribution in [3.63, 3.8) is 0 Å². The molecule has 0 saturated carbocycles. The van der Waals surface area contributed by atoms with Gasteiger partial charge in [-0.25, -0.2) is 9.78 Å². The van der Waals surface area contributed by atoms with Crippen LogP contribution in [0.25, 0.3) is 22.2 Å². The van der Waals surface area contributed by atoms with Crippen LogP contribution in [0, 0.1) is 0 Å². The monoisotopic (exact) mass is 454 g/mol. The SMILES string of the molecule is O=C(O)C(F)(F)F.O=C1NCc2c1cccc2-c1ccc(Nc2nc3ccccc3[nH]2)cc1. The third-order valence-electron chi connectivity index (χ3n) is 4.94. The van der Waals surface area contributed by atoms with Gasteiger partial charge in [0.25, 0.3) is 5.91 Å². The van der Waals surface area contributed by atoms with Crippen molar-refractivity contribution >= 4 is 34.5 Å². The number of carbonyl (C=O) groups is 2. The maximum absolute atomic E-state index is 11.8. The van der Waals surface area contributed by atoms with E-state index >= 15 is 0 Å². The van der Waals surface area contributed by atoms with E-state index in [0.29, 0.717) is 12.5 Å². The van der Waals surface area contributed by atoms with Crippen LogP contribution >= 0.6 is 0 Å². The number of nitrogens with zero attached hydrogens (tertiary/aromatic N) is 1. The van der Waals surface area contributed by atoms with Gasteiger partial charge in [-0.05, 0) is 47.0 Å². The normalized spacial score (nSPS) is 12.5. The number of anilines is 2. The molecular formula is C23H17F3N4O3. The van der Waals surface area contributed by atoms with Gasteiger partial charge in [0.1, 0.15) is 0 Å².